The van der Waals surface area contributed by atoms with Gasteiger partial charge in [0.25, 0.3) is 0 Å². The van der Waals surface area contributed by atoms with Crippen LogP contribution in [0.1, 0.15) is 6.92 Å². The SMILES string of the molecule is COCC1O[C@H](OC(C)=O)C(OC)C(OC)[C@@H]1OC. The van der Waals surface area contributed by atoms with Crippen LogP contribution in [-0.4, -0.2) is 71.7 Å². The van der Waals surface area contributed by atoms with E-state index >= 15 is 0 Å². The van der Waals surface area contributed by atoms with E-state index < -0.39 is 30.6 Å². The number of esters is 1. The highest BCUT2D eigenvalue weighted by Gasteiger charge is 2.48. The summed E-state index contributed by atoms with van der Waals surface area (Å²) in [6.07, 6.45) is -2.61. The van der Waals surface area contributed by atoms with Gasteiger partial charge >= 0.3 is 5.97 Å². The van der Waals surface area contributed by atoms with Gasteiger partial charge in [-0.3, -0.25) is 4.79 Å². The summed E-state index contributed by atoms with van der Waals surface area (Å²) in [6, 6.07) is 0. The number of methoxy groups -OCH3 is 4. The Balaban J connectivity index is 2.91. The first-order chi connectivity index (χ1) is 9.08. The van der Waals surface area contributed by atoms with Crippen LogP contribution in [0.5, 0.6) is 0 Å². The van der Waals surface area contributed by atoms with Crippen molar-refractivity contribution in [2.75, 3.05) is 35.0 Å². The molecule has 3 unspecified atom stereocenters. The number of rotatable bonds is 6. The van der Waals surface area contributed by atoms with Crippen LogP contribution >= 0.6 is 0 Å². The zero-order valence-electron chi connectivity index (χ0n) is 12.0. The fraction of sp³-hybridized carbons (Fsp3) is 0.917. The highest BCUT2D eigenvalue weighted by Crippen LogP contribution is 2.28. The summed E-state index contributed by atoms with van der Waals surface area (Å²) in [5.74, 6) is -0.450. The Hall–Kier alpha value is -0.730. The summed E-state index contributed by atoms with van der Waals surface area (Å²) in [6.45, 7) is 1.61. The Labute approximate surface area is 113 Å². The van der Waals surface area contributed by atoms with Crippen molar-refractivity contribution in [3.63, 3.8) is 0 Å². The van der Waals surface area contributed by atoms with Crippen molar-refractivity contribution < 1.29 is 33.2 Å². The van der Waals surface area contributed by atoms with Crippen molar-refractivity contribution in [1.82, 2.24) is 0 Å². The van der Waals surface area contributed by atoms with Crippen LogP contribution in [0, 0.1) is 0 Å². The zero-order valence-corrected chi connectivity index (χ0v) is 12.0. The highest BCUT2D eigenvalue weighted by atomic mass is 16.7. The molecular formula is C12H22O7. The van der Waals surface area contributed by atoms with Crippen LogP contribution in [0.2, 0.25) is 0 Å². The molecule has 112 valence electrons. The van der Waals surface area contributed by atoms with Crippen molar-refractivity contribution >= 4 is 5.97 Å². The van der Waals surface area contributed by atoms with E-state index in [4.69, 9.17) is 28.4 Å². The van der Waals surface area contributed by atoms with Gasteiger partial charge in [-0.1, -0.05) is 0 Å². The fourth-order valence-electron chi connectivity index (χ4n) is 2.24. The summed E-state index contributed by atoms with van der Waals surface area (Å²) >= 11 is 0. The third-order valence-corrected chi connectivity index (χ3v) is 3.02. The third-order valence-electron chi connectivity index (χ3n) is 3.02. The van der Waals surface area contributed by atoms with Gasteiger partial charge in [-0.2, -0.15) is 0 Å². The summed E-state index contributed by atoms with van der Waals surface area (Å²) in [7, 11) is 6.16. The molecule has 5 atom stereocenters. The van der Waals surface area contributed by atoms with Crippen molar-refractivity contribution in [3.8, 4) is 0 Å². The average Bonchev–Trinajstić information content (AvgIpc) is 2.37. The van der Waals surface area contributed by atoms with E-state index in [-0.39, 0.29) is 6.10 Å². The van der Waals surface area contributed by atoms with Gasteiger partial charge in [-0.15, -0.1) is 0 Å². The van der Waals surface area contributed by atoms with Gasteiger partial charge in [-0.05, 0) is 0 Å². The Morgan fingerprint density at radius 2 is 1.58 bits per heavy atom. The predicted molar refractivity (Wildman–Crippen MR) is 64.7 cm³/mol. The van der Waals surface area contributed by atoms with Gasteiger partial charge in [0.05, 0.1) is 6.61 Å². The number of carbonyl (C=O) groups is 1. The Bertz CT molecular complexity index is 283. The Kier molecular flexibility index (Phi) is 6.67. The maximum absolute atomic E-state index is 11.1. The molecule has 7 heteroatoms. The molecule has 0 amide bonds. The molecule has 1 heterocycles. The third kappa shape index (κ3) is 3.87. The van der Waals surface area contributed by atoms with E-state index in [1.807, 2.05) is 0 Å². The molecule has 1 saturated heterocycles. The minimum absolute atomic E-state index is 0.298. The van der Waals surface area contributed by atoms with E-state index in [0.29, 0.717) is 6.61 Å². The minimum Gasteiger partial charge on any atom is -0.433 e. The summed E-state index contributed by atoms with van der Waals surface area (Å²) < 4.78 is 32.0. The predicted octanol–water partition coefficient (Wildman–Crippen LogP) is -0.0342. The van der Waals surface area contributed by atoms with Crippen molar-refractivity contribution in [2.45, 2.75) is 37.6 Å². The molecule has 0 saturated carbocycles. The van der Waals surface area contributed by atoms with Gasteiger partial charge in [0, 0.05) is 35.4 Å². The van der Waals surface area contributed by atoms with Crippen LogP contribution in [0.25, 0.3) is 0 Å². The maximum Gasteiger partial charge on any atom is 0.305 e. The molecule has 0 radical (unpaired) electrons. The monoisotopic (exact) mass is 278 g/mol. The lowest BCUT2D eigenvalue weighted by Crippen LogP contribution is -2.61. The first-order valence-electron chi connectivity index (χ1n) is 5.99. The van der Waals surface area contributed by atoms with Gasteiger partial charge in [0.15, 0.2) is 0 Å². The molecule has 0 N–H and O–H groups in total. The number of hydrogen-bond acceptors (Lipinski definition) is 7. The second kappa shape index (κ2) is 7.76. The molecule has 1 fully saturated rings. The fourth-order valence-corrected chi connectivity index (χ4v) is 2.24. The second-order valence-electron chi connectivity index (χ2n) is 4.21. The molecule has 0 aromatic carbocycles. The van der Waals surface area contributed by atoms with E-state index in [9.17, 15) is 4.79 Å². The standard InChI is InChI=1S/C12H22O7/c1-7(13)18-12-11(17-5)10(16-4)9(15-3)8(19-12)6-14-2/h8-12H,6H2,1-5H3/t8?,9-,10?,11?,12+/m1/s1. The van der Waals surface area contributed by atoms with Crippen LogP contribution in [-0.2, 0) is 33.2 Å². The molecule has 19 heavy (non-hydrogen) atoms. The van der Waals surface area contributed by atoms with Crippen LogP contribution < -0.4 is 0 Å². The summed E-state index contributed by atoms with van der Waals surface area (Å²) in [5.41, 5.74) is 0. The van der Waals surface area contributed by atoms with Gasteiger partial charge in [-0.25, -0.2) is 0 Å². The highest BCUT2D eigenvalue weighted by molar-refractivity contribution is 5.66. The van der Waals surface area contributed by atoms with Crippen LogP contribution in [0.4, 0.5) is 0 Å². The normalized spacial score (nSPS) is 35.1. The quantitative estimate of drug-likeness (QED) is 0.631. The molecule has 1 rings (SSSR count). The van der Waals surface area contributed by atoms with Gasteiger partial charge in [0.2, 0.25) is 6.29 Å². The first kappa shape index (κ1) is 16.3. The molecule has 1 aliphatic rings. The molecule has 7 nitrogen and oxygen atoms in total. The van der Waals surface area contributed by atoms with Crippen molar-refractivity contribution in [3.05, 3.63) is 0 Å². The second-order valence-corrected chi connectivity index (χ2v) is 4.21. The average molecular weight is 278 g/mol. The van der Waals surface area contributed by atoms with E-state index in [0.717, 1.165) is 0 Å². The zero-order chi connectivity index (χ0) is 14.4. The summed E-state index contributed by atoms with van der Waals surface area (Å²) in [4.78, 5) is 11.1. The van der Waals surface area contributed by atoms with Gasteiger partial charge < -0.3 is 28.4 Å². The molecule has 0 bridgehead atoms. The molecule has 1 aliphatic heterocycles. The largest absolute Gasteiger partial charge is 0.433 e. The Morgan fingerprint density at radius 1 is 1.00 bits per heavy atom. The molecular weight excluding hydrogens is 256 g/mol. The summed E-state index contributed by atoms with van der Waals surface area (Å²) in [5, 5.41) is 0. The molecule has 0 aromatic heterocycles. The van der Waals surface area contributed by atoms with Crippen LogP contribution in [0.15, 0.2) is 0 Å². The lowest BCUT2D eigenvalue weighted by atomic mass is 9.98. The van der Waals surface area contributed by atoms with E-state index in [1.165, 1.54) is 14.0 Å². The van der Waals surface area contributed by atoms with Gasteiger partial charge in [0.1, 0.15) is 24.4 Å². The molecule has 0 aromatic rings. The smallest absolute Gasteiger partial charge is 0.305 e. The molecule has 0 aliphatic carbocycles. The number of carbonyl (C=O) groups excluding carboxylic acids is 1. The molecule has 0 spiro atoms. The maximum atomic E-state index is 11.1. The number of hydrogen-bond donors (Lipinski definition) is 0. The topological polar surface area (TPSA) is 72.5 Å². The first-order valence-corrected chi connectivity index (χ1v) is 5.99. The van der Waals surface area contributed by atoms with E-state index in [2.05, 4.69) is 0 Å². The van der Waals surface area contributed by atoms with Crippen LogP contribution in [0.3, 0.4) is 0 Å². The van der Waals surface area contributed by atoms with E-state index in [1.54, 1.807) is 21.3 Å². The van der Waals surface area contributed by atoms with Crippen molar-refractivity contribution in [1.29, 1.82) is 0 Å². The lowest BCUT2D eigenvalue weighted by Gasteiger charge is -2.43. The lowest BCUT2D eigenvalue weighted by molar-refractivity contribution is -0.304. The number of ether oxygens (including phenoxy) is 6. The Morgan fingerprint density at radius 3 is 2.00 bits per heavy atom. The minimum atomic E-state index is -0.848. The van der Waals surface area contributed by atoms with Crippen molar-refractivity contribution in [2.24, 2.45) is 0 Å².